The summed E-state index contributed by atoms with van der Waals surface area (Å²) >= 11 is 0. The maximum absolute atomic E-state index is 13.0. The van der Waals surface area contributed by atoms with Crippen LogP contribution in [0.2, 0.25) is 0 Å². The highest BCUT2D eigenvalue weighted by Gasteiger charge is 2.39. The first-order valence-corrected chi connectivity index (χ1v) is 9.55. The summed E-state index contributed by atoms with van der Waals surface area (Å²) in [6.45, 7) is 8.76. The Morgan fingerprint density at radius 1 is 0.920 bits per heavy atom. The van der Waals surface area contributed by atoms with Crippen molar-refractivity contribution in [1.82, 2.24) is 15.5 Å². The van der Waals surface area contributed by atoms with Crippen LogP contribution in [0.1, 0.15) is 66.2 Å². The zero-order chi connectivity index (χ0) is 18.6. The molecule has 25 heavy (non-hydrogen) atoms. The fraction of sp³-hybridized carbons (Fsp3) is 0.842. The number of rotatable bonds is 3. The molecule has 142 valence electrons. The van der Waals surface area contributed by atoms with E-state index in [2.05, 4.69) is 10.6 Å². The van der Waals surface area contributed by atoms with Gasteiger partial charge in [-0.25, -0.2) is 0 Å². The van der Waals surface area contributed by atoms with E-state index in [9.17, 15) is 14.4 Å². The van der Waals surface area contributed by atoms with Gasteiger partial charge in [0.1, 0.15) is 0 Å². The molecular weight excluding hydrogens is 318 g/mol. The highest BCUT2D eigenvalue weighted by Crippen LogP contribution is 2.33. The number of carbonyl (C=O) groups is 3. The summed E-state index contributed by atoms with van der Waals surface area (Å²) in [6, 6.07) is 0.160. The molecule has 1 saturated heterocycles. The quantitative estimate of drug-likeness (QED) is 0.814. The number of likely N-dealkylation sites (tertiary alicyclic amines) is 1. The number of hydrogen-bond donors (Lipinski definition) is 2. The zero-order valence-corrected chi connectivity index (χ0v) is 16.1. The monoisotopic (exact) mass is 351 g/mol. The van der Waals surface area contributed by atoms with E-state index >= 15 is 0 Å². The Hall–Kier alpha value is -1.59. The first-order valence-electron chi connectivity index (χ1n) is 9.55. The van der Waals surface area contributed by atoms with Crippen molar-refractivity contribution in [2.75, 3.05) is 13.1 Å². The van der Waals surface area contributed by atoms with Crippen LogP contribution in [0.5, 0.6) is 0 Å². The number of carbonyl (C=O) groups excluding carboxylic acids is 3. The van der Waals surface area contributed by atoms with Crippen LogP contribution in [0.15, 0.2) is 0 Å². The standard InChI is InChI=1S/C19H33N3O3/c1-13(23)20-14-9-11-22(12-10-14)18(25)16-8-6-5-7-15(16)17(24)21-19(2,3)4/h14-16H,5-12H2,1-4H3,(H,20,23)(H,21,24)/t15-,16+/m0/s1. The van der Waals surface area contributed by atoms with Crippen LogP contribution in [-0.2, 0) is 14.4 Å². The van der Waals surface area contributed by atoms with Crippen molar-refractivity contribution in [3.63, 3.8) is 0 Å². The van der Waals surface area contributed by atoms with E-state index in [1.54, 1.807) is 0 Å². The van der Waals surface area contributed by atoms with Crippen LogP contribution >= 0.6 is 0 Å². The van der Waals surface area contributed by atoms with E-state index in [0.29, 0.717) is 13.1 Å². The largest absolute Gasteiger partial charge is 0.353 e. The minimum absolute atomic E-state index is 0.0127. The number of amides is 3. The third-order valence-corrected chi connectivity index (χ3v) is 5.13. The van der Waals surface area contributed by atoms with Crippen molar-refractivity contribution in [2.45, 2.75) is 77.8 Å². The molecule has 0 unspecified atom stereocenters. The summed E-state index contributed by atoms with van der Waals surface area (Å²) in [4.78, 5) is 38.7. The lowest BCUT2D eigenvalue weighted by Gasteiger charge is -2.38. The van der Waals surface area contributed by atoms with Crippen molar-refractivity contribution >= 4 is 17.7 Å². The Kier molecular flexibility index (Phi) is 6.47. The van der Waals surface area contributed by atoms with Gasteiger partial charge in [0.25, 0.3) is 0 Å². The lowest BCUT2D eigenvalue weighted by Crippen LogP contribution is -2.52. The molecule has 6 heteroatoms. The van der Waals surface area contributed by atoms with Crippen LogP contribution in [0, 0.1) is 11.8 Å². The van der Waals surface area contributed by atoms with Gasteiger partial charge in [0, 0.05) is 43.4 Å². The highest BCUT2D eigenvalue weighted by atomic mass is 16.2. The average Bonchev–Trinajstić information content (AvgIpc) is 2.53. The summed E-state index contributed by atoms with van der Waals surface area (Å²) in [6.07, 6.45) is 5.19. The van der Waals surface area contributed by atoms with Crippen molar-refractivity contribution in [3.8, 4) is 0 Å². The Labute approximate surface area is 151 Å². The molecule has 2 aliphatic rings. The van der Waals surface area contributed by atoms with E-state index in [-0.39, 0.29) is 41.1 Å². The molecule has 0 aromatic carbocycles. The molecule has 1 aliphatic heterocycles. The Bertz CT molecular complexity index is 505. The minimum atomic E-state index is -0.279. The molecule has 3 amide bonds. The van der Waals surface area contributed by atoms with Gasteiger partial charge in [-0.1, -0.05) is 12.8 Å². The van der Waals surface area contributed by atoms with Gasteiger partial charge in [-0.15, -0.1) is 0 Å². The third-order valence-electron chi connectivity index (χ3n) is 5.13. The maximum Gasteiger partial charge on any atom is 0.226 e. The summed E-state index contributed by atoms with van der Waals surface area (Å²) in [7, 11) is 0. The van der Waals surface area contributed by atoms with Crippen LogP contribution in [0.4, 0.5) is 0 Å². The number of hydrogen-bond acceptors (Lipinski definition) is 3. The highest BCUT2D eigenvalue weighted by molar-refractivity contribution is 5.88. The fourth-order valence-electron chi connectivity index (χ4n) is 3.97. The molecule has 6 nitrogen and oxygen atoms in total. The topological polar surface area (TPSA) is 78.5 Å². The maximum atomic E-state index is 13.0. The Morgan fingerprint density at radius 3 is 2.00 bits per heavy atom. The van der Waals surface area contributed by atoms with Gasteiger partial charge in [-0.3, -0.25) is 14.4 Å². The number of piperidine rings is 1. The second kappa shape index (κ2) is 8.19. The summed E-state index contributed by atoms with van der Waals surface area (Å²) in [5, 5.41) is 5.98. The molecule has 1 saturated carbocycles. The molecule has 1 heterocycles. The van der Waals surface area contributed by atoms with Crippen molar-refractivity contribution in [3.05, 3.63) is 0 Å². The Morgan fingerprint density at radius 2 is 1.48 bits per heavy atom. The molecule has 0 bridgehead atoms. The first kappa shape index (κ1) is 19.7. The van der Waals surface area contributed by atoms with Gasteiger partial charge < -0.3 is 15.5 Å². The molecule has 0 aromatic heterocycles. The first-order chi connectivity index (χ1) is 11.7. The van der Waals surface area contributed by atoms with E-state index in [1.807, 2.05) is 25.7 Å². The van der Waals surface area contributed by atoms with Crippen molar-refractivity contribution in [2.24, 2.45) is 11.8 Å². The molecule has 2 atom stereocenters. The molecule has 0 aromatic rings. The van der Waals surface area contributed by atoms with Crippen molar-refractivity contribution in [1.29, 1.82) is 0 Å². The molecule has 1 aliphatic carbocycles. The lowest BCUT2D eigenvalue weighted by atomic mass is 9.77. The van der Waals surface area contributed by atoms with Gasteiger partial charge >= 0.3 is 0 Å². The van der Waals surface area contributed by atoms with Gasteiger partial charge in [-0.2, -0.15) is 0 Å². The lowest BCUT2D eigenvalue weighted by molar-refractivity contribution is -0.145. The molecular formula is C19H33N3O3. The van der Waals surface area contributed by atoms with Crippen LogP contribution < -0.4 is 10.6 Å². The van der Waals surface area contributed by atoms with Gasteiger partial charge in [0.15, 0.2) is 0 Å². The molecule has 0 spiro atoms. The SMILES string of the molecule is CC(=O)NC1CCN(C(=O)[C@@H]2CCCC[C@@H]2C(=O)NC(C)(C)C)CC1. The average molecular weight is 351 g/mol. The number of nitrogens with zero attached hydrogens (tertiary/aromatic N) is 1. The summed E-state index contributed by atoms with van der Waals surface area (Å²) < 4.78 is 0. The molecule has 2 fully saturated rings. The fourth-order valence-corrected chi connectivity index (χ4v) is 3.97. The van der Waals surface area contributed by atoms with Crippen molar-refractivity contribution < 1.29 is 14.4 Å². The van der Waals surface area contributed by atoms with E-state index in [0.717, 1.165) is 38.5 Å². The minimum Gasteiger partial charge on any atom is -0.353 e. The predicted octanol–water partition coefficient (Wildman–Crippen LogP) is 1.83. The normalized spacial score (nSPS) is 25.4. The molecule has 0 radical (unpaired) electrons. The number of nitrogens with one attached hydrogen (secondary N) is 2. The molecule has 2 rings (SSSR count). The van der Waals surface area contributed by atoms with Gasteiger partial charge in [0.2, 0.25) is 17.7 Å². The summed E-state index contributed by atoms with van der Waals surface area (Å²) in [5.41, 5.74) is -0.279. The Balaban J connectivity index is 1.96. The van der Waals surface area contributed by atoms with Gasteiger partial charge in [-0.05, 0) is 46.5 Å². The van der Waals surface area contributed by atoms with Crippen LogP contribution in [0.25, 0.3) is 0 Å². The second-order valence-corrected chi connectivity index (χ2v) is 8.54. The molecule has 2 N–H and O–H groups in total. The second-order valence-electron chi connectivity index (χ2n) is 8.54. The van der Waals surface area contributed by atoms with E-state index < -0.39 is 0 Å². The van der Waals surface area contributed by atoms with E-state index in [4.69, 9.17) is 0 Å². The predicted molar refractivity (Wildman–Crippen MR) is 96.8 cm³/mol. The third kappa shape index (κ3) is 5.72. The van der Waals surface area contributed by atoms with Gasteiger partial charge in [0.05, 0.1) is 0 Å². The zero-order valence-electron chi connectivity index (χ0n) is 16.1. The van der Waals surface area contributed by atoms with E-state index in [1.165, 1.54) is 6.92 Å². The summed E-state index contributed by atoms with van der Waals surface area (Å²) in [5.74, 6) is -0.299. The van der Waals surface area contributed by atoms with Crippen LogP contribution in [-0.4, -0.2) is 47.3 Å². The smallest absolute Gasteiger partial charge is 0.226 e. The van der Waals surface area contributed by atoms with Crippen LogP contribution in [0.3, 0.4) is 0 Å².